The molecule has 0 aliphatic carbocycles. The maximum atomic E-state index is 14.8. The molecule has 0 fully saturated rings. The van der Waals surface area contributed by atoms with Crippen LogP contribution in [0.15, 0.2) is 58.3 Å². The molecule has 0 aromatic heterocycles. The number of nitrogens with zero attached hydrogens (tertiary/aromatic N) is 2. The monoisotopic (exact) mass is 444 g/mol. The molecule has 0 heterocycles. The summed E-state index contributed by atoms with van der Waals surface area (Å²) < 4.78 is 19.9. The molecule has 0 radical (unpaired) electrons. The smallest absolute Gasteiger partial charge is 0.273 e. The van der Waals surface area contributed by atoms with Crippen molar-refractivity contribution < 1.29 is 28.4 Å². The van der Waals surface area contributed by atoms with Gasteiger partial charge in [0.2, 0.25) is 0 Å². The van der Waals surface area contributed by atoms with E-state index in [0.29, 0.717) is 22.4 Å². The summed E-state index contributed by atoms with van der Waals surface area (Å²) in [6.07, 6.45) is 0. The number of nitrogens with two attached hydrogens (primary N) is 1. The number of hydrogen-bond acceptors (Lipinski definition) is 8. The van der Waals surface area contributed by atoms with Gasteiger partial charge in [0.05, 0.1) is 7.11 Å². The highest BCUT2D eigenvalue weighted by Crippen LogP contribution is 2.28. The lowest BCUT2D eigenvalue weighted by Crippen LogP contribution is -2.29. The Morgan fingerprint density at radius 3 is 2.12 bits per heavy atom. The number of carbonyl (C=O) groups is 1. The SMILES string of the molecule is CNC(=O)/C(=N/OC)c1ccccc1/C(ON)=C(C)/C(=N\OC)c1ccc(OC)cc1F. The van der Waals surface area contributed by atoms with Crippen LogP contribution in [0.1, 0.15) is 23.6 Å². The van der Waals surface area contributed by atoms with Gasteiger partial charge in [-0.05, 0) is 19.1 Å². The first-order chi connectivity index (χ1) is 15.4. The van der Waals surface area contributed by atoms with Crippen LogP contribution in [0.25, 0.3) is 5.76 Å². The lowest BCUT2D eigenvalue weighted by atomic mass is 9.95. The molecule has 2 aromatic rings. The molecule has 10 heteroatoms. The van der Waals surface area contributed by atoms with E-state index in [9.17, 15) is 9.18 Å². The van der Waals surface area contributed by atoms with Gasteiger partial charge in [0, 0.05) is 35.4 Å². The number of methoxy groups -OCH3 is 1. The van der Waals surface area contributed by atoms with E-state index < -0.39 is 11.7 Å². The summed E-state index contributed by atoms with van der Waals surface area (Å²) in [6.45, 7) is 1.63. The second-order valence-electron chi connectivity index (χ2n) is 6.29. The van der Waals surface area contributed by atoms with E-state index in [4.69, 9.17) is 25.1 Å². The molecular weight excluding hydrogens is 419 g/mol. The zero-order valence-corrected chi connectivity index (χ0v) is 18.4. The molecule has 0 atom stereocenters. The first-order valence-electron chi connectivity index (χ1n) is 9.39. The van der Waals surface area contributed by atoms with Crippen LogP contribution in [0.5, 0.6) is 5.75 Å². The lowest BCUT2D eigenvalue weighted by molar-refractivity contribution is -0.114. The van der Waals surface area contributed by atoms with Crippen molar-refractivity contribution in [1.82, 2.24) is 5.32 Å². The molecule has 0 saturated heterocycles. The third-order valence-corrected chi connectivity index (χ3v) is 4.48. The molecule has 0 saturated carbocycles. The van der Waals surface area contributed by atoms with Crippen LogP contribution in [0.3, 0.4) is 0 Å². The van der Waals surface area contributed by atoms with E-state index in [-0.39, 0.29) is 22.7 Å². The number of allylic oxidation sites excluding steroid dienone is 1. The van der Waals surface area contributed by atoms with Gasteiger partial charge < -0.3 is 24.6 Å². The minimum absolute atomic E-state index is 0.00573. The van der Waals surface area contributed by atoms with Gasteiger partial charge in [0.25, 0.3) is 5.91 Å². The second-order valence-corrected chi connectivity index (χ2v) is 6.29. The van der Waals surface area contributed by atoms with Crippen molar-refractivity contribution in [3.05, 3.63) is 70.5 Å². The minimum Gasteiger partial charge on any atom is -0.497 e. The molecule has 0 aliphatic rings. The number of hydrogen-bond donors (Lipinski definition) is 2. The van der Waals surface area contributed by atoms with Gasteiger partial charge in [-0.25, -0.2) is 4.39 Å². The number of oxime groups is 2. The Balaban J connectivity index is 2.75. The van der Waals surface area contributed by atoms with Gasteiger partial charge in [-0.2, -0.15) is 5.90 Å². The molecule has 32 heavy (non-hydrogen) atoms. The zero-order chi connectivity index (χ0) is 23.7. The third-order valence-electron chi connectivity index (χ3n) is 4.48. The largest absolute Gasteiger partial charge is 0.497 e. The van der Waals surface area contributed by atoms with Gasteiger partial charge >= 0.3 is 0 Å². The Morgan fingerprint density at radius 2 is 1.59 bits per heavy atom. The van der Waals surface area contributed by atoms with Crippen LogP contribution >= 0.6 is 0 Å². The van der Waals surface area contributed by atoms with Gasteiger partial charge in [-0.1, -0.05) is 34.6 Å². The Kier molecular flexibility index (Phi) is 8.72. The normalized spacial score (nSPS) is 12.6. The number of ether oxygens (including phenoxy) is 1. The number of amides is 1. The Hall–Kier alpha value is -3.92. The van der Waals surface area contributed by atoms with Crippen LogP contribution in [-0.2, 0) is 19.3 Å². The fraction of sp³-hybridized carbons (Fsp3) is 0.227. The number of carbonyl (C=O) groups excluding carboxylic acids is 1. The first-order valence-corrected chi connectivity index (χ1v) is 9.39. The molecule has 0 spiro atoms. The van der Waals surface area contributed by atoms with E-state index in [0.717, 1.165) is 0 Å². The summed E-state index contributed by atoms with van der Waals surface area (Å²) in [5.74, 6) is 5.01. The van der Waals surface area contributed by atoms with Crippen molar-refractivity contribution >= 4 is 23.1 Å². The van der Waals surface area contributed by atoms with Crippen LogP contribution < -0.4 is 16.0 Å². The predicted molar refractivity (Wildman–Crippen MR) is 118 cm³/mol. The van der Waals surface area contributed by atoms with E-state index in [1.807, 2.05) is 0 Å². The summed E-state index contributed by atoms with van der Waals surface area (Å²) in [6, 6.07) is 11.1. The van der Waals surface area contributed by atoms with Crippen molar-refractivity contribution in [3.8, 4) is 5.75 Å². The topological polar surface area (TPSA) is 117 Å². The van der Waals surface area contributed by atoms with E-state index in [1.54, 1.807) is 37.3 Å². The quantitative estimate of drug-likeness (QED) is 0.349. The molecular formula is C22H25FN4O5. The van der Waals surface area contributed by atoms with Crippen LogP contribution in [0.2, 0.25) is 0 Å². The molecule has 3 N–H and O–H groups in total. The minimum atomic E-state index is -0.587. The van der Waals surface area contributed by atoms with Crippen molar-refractivity contribution in [1.29, 1.82) is 0 Å². The maximum absolute atomic E-state index is 14.8. The van der Waals surface area contributed by atoms with Crippen LogP contribution in [0, 0.1) is 5.82 Å². The maximum Gasteiger partial charge on any atom is 0.273 e. The molecule has 0 bridgehead atoms. The van der Waals surface area contributed by atoms with Crippen molar-refractivity contribution in [2.75, 3.05) is 28.4 Å². The number of nitrogens with one attached hydrogen (secondary N) is 1. The van der Waals surface area contributed by atoms with Crippen LogP contribution in [-0.4, -0.2) is 45.7 Å². The zero-order valence-electron chi connectivity index (χ0n) is 18.4. The Labute approximate surface area is 185 Å². The highest BCUT2D eigenvalue weighted by atomic mass is 19.1. The lowest BCUT2D eigenvalue weighted by Gasteiger charge is -2.16. The summed E-state index contributed by atoms with van der Waals surface area (Å²) in [7, 11) is 5.56. The average molecular weight is 444 g/mol. The van der Waals surface area contributed by atoms with Crippen molar-refractivity contribution in [3.63, 3.8) is 0 Å². The Bertz CT molecular complexity index is 1070. The van der Waals surface area contributed by atoms with Crippen molar-refractivity contribution in [2.24, 2.45) is 16.2 Å². The van der Waals surface area contributed by atoms with E-state index in [1.165, 1.54) is 40.5 Å². The second kappa shape index (κ2) is 11.5. The van der Waals surface area contributed by atoms with Crippen molar-refractivity contribution in [2.45, 2.75) is 6.92 Å². The average Bonchev–Trinajstić information content (AvgIpc) is 2.81. The van der Waals surface area contributed by atoms with Crippen LogP contribution in [0.4, 0.5) is 4.39 Å². The number of benzene rings is 2. The number of rotatable bonds is 9. The first kappa shape index (κ1) is 24.4. The highest BCUT2D eigenvalue weighted by molar-refractivity contribution is 6.45. The van der Waals surface area contributed by atoms with E-state index >= 15 is 0 Å². The summed E-state index contributed by atoms with van der Waals surface area (Å²) in [5.41, 5.74) is 1.39. The highest BCUT2D eigenvalue weighted by Gasteiger charge is 2.24. The van der Waals surface area contributed by atoms with Gasteiger partial charge in [-0.15, -0.1) is 0 Å². The molecule has 1 amide bonds. The molecule has 0 aliphatic heterocycles. The fourth-order valence-electron chi connectivity index (χ4n) is 3.00. The fourth-order valence-corrected chi connectivity index (χ4v) is 3.00. The molecule has 9 nitrogen and oxygen atoms in total. The summed E-state index contributed by atoms with van der Waals surface area (Å²) in [5, 5.41) is 10.3. The third kappa shape index (κ3) is 5.22. The molecule has 2 aromatic carbocycles. The predicted octanol–water partition coefficient (Wildman–Crippen LogP) is 2.60. The summed E-state index contributed by atoms with van der Waals surface area (Å²) in [4.78, 5) is 27.3. The summed E-state index contributed by atoms with van der Waals surface area (Å²) >= 11 is 0. The number of likely N-dealkylation sites (N-methyl/N-ethyl adjacent to an activating group) is 1. The van der Waals surface area contributed by atoms with Gasteiger partial charge in [-0.3, -0.25) is 4.79 Å². The molecule has 2 rings (SSSR count). The Morgan fingerprint density at radius 1 is 0.969 bits per heavy atom. The molecule has 0 unspecified atom stereocenters. The van der Waals surface area contributed by atoms with Gasteiger partial charge in [0.15, 0.2) is 11.5 Å². The molecule has 170 valence electrons. The number of halogens is 1. The standard InChI is InChI=1S/C22H25FN4O5/c1-13(19(26-30-4)17-11-10-14(29-3)12-18(17)23)21(32-24)16-9-7-6-8-15(16)20(27-31-5)22(28)25-2/h6-12H,24H2,1-5H3,(H,25,28)/b21-13-,26-19+,27-20+. The van der Waals surface area contributed by atoms with E-state index in [2.05, 4.69) is 15.6 Å². The van der Waals surface area contributed by atoms with Gasteiger partial charge in [0.1, 0.15) is 31.5 Å².